The van der Waals surface area contributed by atoms with Gasteiger partial charge in [-0.3, -0.25) is 9.59 Å². The van der Waals surface area contributed by atoms with Gasteiger partial charge in [0.2, 0.25) is 11.8 Å². The number of carbonyl (C=O) groups excluding carboxylic acids is 2. The summed E-state index contributed by atoms with van der Waals surface area (Å²) in [5, 5.41) is 7.10. The van der Waals surface area contributed by atoms with E-state index in [-0.39, 0.29) is 12.3 Å². The first-order valence-electron chi connectivity index (χ1n) is 7.01. The number of amides is 2. The van der Waals surface area contributed by atoms with Crippen LogP contribution in [0, 0.1) is 0 Å². The molecule has 0 unspecified atom stereocenters. The van der Waals surface area contributed by atoms with Crippen molar-refractivity contribution in [3.8, 4) is 0 Å². The van der Waals surface area contributed by atoms with E-state index in [2.05, 4.69) is 15.8 Å². The van der Waals surface area contributed by atoms with Crippen LogP contribution in [-0.4, -0.2) is 18.0 Å². The average molecular weight is 330 g/mol. The minimum atomic E-state index is -0.472. The van der Waals surface area contributed by atoms with Crippen molar-refractivity contribution in [2.75, 3.05) is 0 Å². The average Bonchev–Trinajstić information content (AvgIpc) is 2.56. The van der Waals surface area contributed by atoms with E-state index in [4.69, 9.17) is 11.6 Å². The van der Waals surface area contributed by atoms with E-state index >= 15 is 0 Å². The standard InChI is InChI=1S/C17H16ClN3O2/c18-15-8-6-14(7-9-15)12-20-21-17(23)10-16(22)19-11-13-4-2-1-3-5-13/h1-9,12H,10-11H2,(H,19,22)(H,21,23)/b20-12+. The Kier molecular flexibility index (Phi) is 6.32. The van der Waals surface area contributed by atoms with Crippen LogP contribution in [0.2, 0.25) is 5.02 Å². The second-order valence-electron chi connectivity index (χ2n) is 4.78. The van der Waals surface area contributed by atoms with Crippen LogP contribution in [-0.2, 0) is 16.1 Å². The predicted molar refractivity (Wildman–Crippen MR) is 90.1 cm³/mol. The molecule has 0 saturated heterocycles. The molecule has 0 spiro atoms. The molecule has 23 heavy (non-hydrogen) atoms. The van der Waals surface area contributed by atoms with E-state index in [1.165, 1.54) is 6.21 Å². The minimum Gasteiger partial charge on any atom is -0.352 e. The first kappa shape index (κ1) is 16.7. The fourth-order valence-electron chi connectivity index (χ4n) is 1.77. The lowest BCUT2D eigenvalue weighted by atomic mass is 10.2. The van der Waals surface area contributed by atoms with Crippen LogP contribution in [0.1, 0.15) is 17.5 Å². The Morgan fingerprint density at radius 1 is 1.00 bits per heavy atom. The van der Waals surface area contributed by atoms with E-state index in [9.17, 15) is 9.59 Å². The zero-order chi connectivity index (χ0) is 16.5. The largest absolute Gasteiger partial charge is 0.352 e. The Balaban J connectivity index is 1.71. The molecule has 0 atom stereocenters. The maximum atomic E-state index is 11.7. The van der Waals surface area contributed by atoms with Crippen molar-refractivity contribution in [2.24, 2.45) is 5.10 Å². The summed E-state index contributed by atoms with van der Waals surface area (Å²) < 4.78 is 0. The van der Waals surface area contributed by atoms with Crippen molar-refractivity contribution >= 4 is 29.6 Å². The van der Waals surface area contributed by atoms with Crippen molar-refractivity contribution < 1.29 is 9.59 Å². The van der Waals surface area contributed by atoms with E-state index in [0.717, 1.165) is 11.1 Å². The lowest BCUT2D eigenvalue weighted by molar-refractivity contribution is -0.129. The van der Waals surface area contributed by atoms with Crippen molar-refractivity contribution in [3.63, 3.8) is 0 Å². The maximum absolute atomic E-state index is 11.7. The summed E-state index contributed by atoms with van der Waals surface area (Å²) in [6.07, 6.45) is 1.21. The van der Waals surface area contributed by atoms with Gasteiger partial charge in [-0.25, -0.2) is 5.43 Å². The lowest BCUT2D eigenvalue weighted by Gasteiger charge is -2.04. The number of carbonyl (C=O) groups is 2. The van der Waals surface area contributed by atoms with Gasteiger partial charge in [0.05, 0.1) is 6.21 Å². The molecule has 5 nitrogen and oxygen atoms in total. The molecule has 2 rings (SSSR count). The second-order valence-corrected chi connectivity index (χ2v) is 5.22. The van der Waals surface area contributed by atoms with Gasteiger partial charge in [0, 0.05) is 11.6 Å². The summed E-state index contributed by atoms with van der Waals surface area (Å²) in [5.41, 5.74) is 4.08. The van der Waals surface area contributed by atoms with Gasteiger partial charge in [-0.2, -0.15) is 5.10 Å². The summed E-state index contributed by atoms with van der Waals surface area (Å²) >= 11 is 5.77. The monoisotopic (exact) mass is 329 g/mol. The highest BCUT2D eigenvalue weighted by Gasteiger charge is 2.07. The zero-order valence-electron chi connectivity index (χ0n) is 12.3. The number of halogens is 1. The van der Waals surface area contributed by atoms with E-state index < -0.39 is 5.91 Å². The number of nitrogens with one attached hydrogen (secondary N) is 2. The highest BCUT2D eigenvalue weighted by Crippen LogP contribution is 2.07. The third-order valence-corrected chi connectivity index (χ3v) is 3.18. The molecule has 0 heterocycles. The van der Waals surface area contributed by atoms with E-state index in [0.29, 0.717) is 11.6 Å². The summed E-state index contributed by atoms with van der Waals surface area (Å²) in [7, 11) is 0. The Morgan fingerprint density at radius 3 is 2.39 bits per heavy atom. The number of rotatable bonds is 6. The van der Waals surface area contributed by atoms with Gasteiger partial charge >= 0.3 is 0 Å². The van der Waals surface area contributed by atoms with Crippen LogP contribution in [0.5, 0.6) is 0 Å². The second kappa shape index (κ2) is 8.70. The highest BCUT2D eigenvalue weighted by atomic mass is 35.5. The highest BCUT2D eigenvalue weighted by molar-refractivity contribution is 6.30. The Labute approximate surface area is 139 Å². The summed E-state index contributed by atoms with van der Waals surface area (Å²) in [5.74, 6) is -0.825. The van der Waals surface area contributed by atoms with Crippen molar-refractivity contribution in [2.45, 2.75) is 13.0 Å². The summed E-state index contributed by atoms with van der Waals surface area (Å²) in [6, 6.07) is 16.5. The fraction of sp³-hybridized carbons (Fsp3) is 0.118. The number of nitrogens with zero attached hydrogens (tertiary/aromatic N) is 1. The molecule has 0 aliphatic heterocycles. The number of hydrogen-bond donors (Lipinski definition) is 2. The molecular formula is C17H16ClN3O2. The molecular weight excluding hydrogens is 314 g/mol. The van der Waals surface area contributed by atoms with Crippen LogP contribution < -0.4 is 10.7 Å². The maximum Gasteiger partial charge on any atom is 0.249 e. The first-order valence-corrected chi connectivity index (χ1v) is 7.39. The van der Waals surface area contributed by atoms with Crippen LogP contribution in [0.25, 0.3) is 0 Å². The van der Waals surface area contributed by atoms with Gasteiger partial charge in [0.25, 0.3) is 0 Å². The summed E-state index contributed by atoms with van der Waals surface area (Å²) in [4.78, 5) is 23.3. The molecule has 2 aromatic rings. The molecule has 2 aromatic carbocycles. The topological polar surface area (TPSA) is 70.6 Å². The number of benzene rings is 2. The molecule has 2 amide bonds. The van der Waals surface area contributed by atoms with E-state index in [1.807, 2.05) is 30.3 Å². The molecule has 0 aromatic heterocycles. The van der Waals surface area contributed by atoms with Gasteiger partial charge in [-0.1, -0.05) is 54.1 Å². The Bertz CT molecular complexity index is 685. The fourth-order valence-corrected chi connectivity index (χ4v) is 1.90. The molecule has 0 bridgehead atoms. The Morgan fingerprint density at radius 2 is 1.70 bits per heavy atom. The smallest absolute Gasteiger partial charge is 0.249 e. The Hall–Kier alpha value is -2.66. The summed E-state index contributed by atoms with van der Waals surface area (Å²) in [6.45, 7) is 0.390. The van der Waals surface area contributed by atoms with Crippen molar-refractivity contribution in [1.82, 2.24) is 10.7 Å². The van der Waals surface area contributed by atoms with Gasteiger partial charge in [-0.05, 0) is 23.3 Å². The number of hydrogen-bond acceptors (Lipinski definition) is 3. The van der Waals surface area contributed by atoms with Gasteiger partial charge < -0.3 is 5.32 Å². The van der Waals surface area contributed by atoms with Gasteiger partial charge in [-0.15, -0.1) is 0 Å². The van der Waals surface area contributed by atoms with Gasteiger partial charge in [0.15, 0.2) is 0 Å². The SMILES string of the molecule is O=C(CC(=O)N/N=C/c1ccc(Cl)cc1)NCc1ccccc1. The van der Waals surface area contributed by atoms with Crippen molar-refractivity contribution in [3.05, 3.63) is 70.7 Å². The predicted octanol–water partition coefficient (Wildman–Crippen LogP) is 2.50. The third kappa shape index (κ3) is 6.32. The molecule has 0 aliphatic carbocycles. The van der Waals surface area contributed by atoms with Crippen LogP contribution >= 0.6 is 11.6 Å². The van der Waals surface area contributed by atoms with Crippen LogP contribution in [0.15, 0.2) is 59.7 Å². The van der Waals surface area contributed by atoms with Crippen LogP contribution in [0.3, 0.4) is 0 Å². The molecule has 6 heteroatoms. The number of hydrazone groups is 1. The normalized spacial score (nSPS) is 10.5. The van der Waals surface area contributed by atoms with Crippen molar-refractivity contribution in [1.29, 1.82) is 0 Å². The van der Waals surface area contributed by atoms with E-state index in [1.54, 1.807) is 24.3 Å². The quantitative estimate of drug-likeness (QED) is 0.485. The molecule has 0 radical (unpaired) electrons. The van der Waals surface area contributed by atoms with Gasteiger partial charge in [0.1, 0.15) is 6.42 Å². The first-order chi connectivity index (χ1) is 11.1. The lowest BCUT2D eigenvalue weighted by Crippen LogP contribution is -2.29. The van der Waals surface area contributed by atoms with Crippen LogP contribution in [0.4, 0.5) is 0 Å². The zero-order valence-corrected chi connectivity index (χ0v) is 13.1. The minimum absolute atomic E-state index is 0.273. The molecule has 0 fully saturated rings. The molecule has 0 saturated carbocycles. The molecule has 118 valence electrons. The third-order valence-electron chi connectivity index (χ3n) is 2.93. The molecule has 2 N–H and O–H groups in total. The molecule has 0 aliphatic rings.